The number of ether oxygens (including phenoxy) is 1. The minimum atomic E-state index is 0. The van der Waals surface area contributed by atoms with Crippen LogP contribution in [-0.4, -0.2) is 26.7 Å². The molecule has 0 saturated heterocycles. The molecule has 0 amide bonds. The first-order valence-electron chi connectivity index (χ1n) is 6.01. The normalized spacial score (nSPS) is 9.42. The third kappa shape index (κ3) is 8.71. The van der Waals surface area contributed by atoms with Crippen LogP contribution >= 0.6 is 40.7 Å². The molecule has 6 heteroatoms. The highest BCUT2D eigenvalue weighted by Crippen LogP contribution is 2.22. The van der Waals surface area contributed by atoms with E-state index in [0.717, 1.165) is 42.8 Å². The van der Waals surface area contributed by atoms with Gasteiger partial charge in [0.05, 0.1) is 7.11 Å². The lowest BCUT2D eigenvalue weighted by Gasteiger charge is -2.10. The molecule has 0 aromatic heterocycles. The molecule has 0 atom stereocenters. The highest BCUT2D eigenvalue weighted by molar-refractivity contribution is 9.10. The van der Waals surface area contributed by atoms with E-state index in [2.05, 4.69) is 39.6 Å². The molecular formula is C13H23BrCl2N2O. The molecule has 112 valence electrons. The van der Waals surface area contributed by atoms with Gasteiger partial charge in [-0.25, -0.2) is 0 Å². The van der Waals surface area contributed by atoms with Crippen LogP contribution in [0.4, 0.5) is 0 Å². The fourth-order valence-electron chi connectivity index (χ4n) is 1.62. The molecule has 2 N–H and O–H groups in total. The van der Waals surface area contributed by atoms with Crippen molar-refractivity contribution in [3.8, 4) is 5.75 Å². The molecule has 0 saturated carbocycles. The monoisotopic (exact) mass is 372 g/mol. The fraction of sp³-hybridized carbons (Fsp3) is 0.538. The van der Waals surface area contributed by atoms with Crippen LogP contribution in [0.5, 0.6) is 5.75 Å². The smallest absolute Gasteiger partial charge is 0.123 e. The van der Waals surface area contributed by atoms with E-state index in [1.54, 1.807) is 7.11 Å². The zero-order valence-corrected chi connectivity index (χ0v) is 14.6. The Morgan fingerprint density at radius 2 is 1.84 bits per heavy atom. The number of halogens is 3. The topological polar surface area (TPSA) is 33.3 Å². The molecule has 0 radical (unpaired) electrons. The van der Waals surface area contributed by atoms with Gasteiger partial charge in [0, 0.05) is 16.6 Å². The molecule has 0 aliphatic heterocycles. The first-order valence-corrected chi connectivity index (χ1v) is 6.81. The van der Waals surface area contributed by atoms with Crippen molar-refractivity contribution >= 4 is 40.7 Å². The molecule has 0 fully saturated rings. The number of hydrogen-bond donors (Lipinski definition) is 2. The third-order valence-electron chi connectivity index (χ3n) is 2.52. The van der Waals surface area contributed by atoms with E-state index in [9.17, 15) is 0 Å². The van der Waals surface area contributed by atoms with Crippen molar-refractivity contribution in [3.63, 3.8) is 0 Å². The average molecular weight is 374 g/mol. The summed E-state index contributed by atoms with van der Waals surface area (Å²) in [6.07, 6.45) is 1.14. The molecule has 0 unspecified atom stereocenters. The number of methoxy groups -OCH3 is 1. The summed E-state index contributed by atoms with van der Waals surface area (Å²) in [5.41, 5.74) is 1.19. The first kappa shape index (κ1) is 21.3. The van der Waals surface area contributed by atoms with Crippen molar-refractivity contribution in [1.82, 2.24) is 10.6 Å². The maximum absolute atomic E-state index is 5.32. The number of rotatable bonds is 8. The zero-order valence-electron chi connectivity index (χ0n) is 11.4. The van der Waals surface area contributed by atoms with Crippen molar-refractivity contribution in [3.05, 3.63) is 28.2 Å². The maximum Gasteiger partial charge on any atom is 0.123 e. The maximum atomic E-state index is 5.32. The summed E-state index contributed by atoms with van der Waals surface area (Å²) in [6, 6.07) is 6.07. The second-order valence-corrected chi connectivity index (χ2v) is 4.76. The minimum absolute atomic E-state index is 0. The van der Waals surface area contributed by atoms with Gasteiger partial charge in [0.1, 0.15) is 5.75 Å². The van der Waals surface area contributed by atoms with Gasteiger partial charge in [0.2, 0.25) is 0 Å². The van der Waals surface area contributed by atoms with Crippen molar-refractivity contribution in [1.29, 1.82) is 0 Å². The average Bonchev–Trinajstić information content (AvgIpc) is 2.34. The molecule has 3 nitrogen and oxygen atoms in total. The van der Waals surface area contributed by atoms with E-state index >= 15 is 0 Å². The van der Waals surface area contributed by atoms with Crippen LogP contribution in [0.25, 0.3) is 0 Å². The highest BCUT2D eigenvalue weighted by Gasteiger charge is 2.02. The minimum Gasteiger partial charge on any atom is -0.496 e. The number of benzene rings is 1. The summed E-state index contributed by atoms with van der Waals surface area (Å²) < 4.78 is 6.41. The standard InChI is InChI=1S/C13H21BrN2O.2ClH/c1-3-15-7-4-8-16-10-11-9-12(14)5-6-13(11)17-2;;/h5-6,9,15-16H,3-4,7-8,10H2,1-2H3;2*1H. The Bertz CT molecular complexity index is 340. The van der Waals surface area contributed by atoms with Gasteiger partial charge in [-0.05, 0) is 44.3 Å². The molecule has 0 spiro atoms. The van der Waals surface area contributed by atoms with Gasteiger partial charge in [-0.2, -0.15) is 0 Å². The van der Waals surface area contributed by atoms with Gasteiger partial charge < -0.3 is 15.4 Å². The van der Waals surface area contributed by atoms with Crippen LogP contribution in [0.1, 0.15) is 18.9 Å². The van der Waals surface area contributed by atoms with Gasteiger partial charge in [-0.15, -0.1) is 24.8 Å². The van der Waals surface area contributed by atoms with Gasteiger partial charge in [-0.1, -0.05) is 22.9 Å². The lowest BCUT2D eigenvalue weighted by atomic mass is 10.2. The van der Waals surface area contributed by atoms with E-state index in [1.807, 2.05) is 12.1 Å². The van der Waals surface area contributed by atoms with Gasteiger partial charge in [-0.3, -0.25) is 0 Å². The molecule has 1 rings (SSSR count). The summed E-state index contributed by atoms with van der Waals surface area (Å²) in [7, 11) is 1.71. The van der Waals surface area contributed by atoms with Crippen LogP contribution < -0.4 is 15.4 Å². The summed E-state index contributed by atoms with van der Waals surface area (Å²) in [5.74, 6) is 0.937. The number of nitrogens with one attached hydrogen (secondary N) is 2. The predicted octanol–water partition coefficient (Wildman–Crippen LogP) is 3.39. The lowest BCUT2D eigenvalue weighted by molar-refractivity contribution is 0.407. The Hall–Kier alpha value is -0.000000000000000111. The first-order chi connectivity index (χ1) is 8.27. The van der Waals surface area contributed by atoms with Crippen molar-refractivity contribution in [2.75, 3.05) is 26.7 Å². The highest BCUT2D eigenvalue weighted by atomic mass is 79.9. The molecule has 0 aliphatic rings. The Morgan fingerprint density at radius 3 is 2.47 bits per heavy atom. The Kier molecular flexibility index (Phi) is 14.6. The molecule has 0 bridgehead atoms. The molecule has 0 heterocycles. The second kappa shape index (κ2) is 13.0. The van der Waals surface area contributed by atoms with Crippen LogP contribution in [0, 0.1) is 0 Å². The number of hydrogen-bond acceptors (Lipinski definition) is 3. The van der Waals surface area contributed by atoms with E-state index in [0.29, 0.717) is 0 Å². The van der Waals surface area contributed by atoms with E-state index in [1.165, 1.54) is 5.56 Å². The van der Waals surface area contributed by atoms with Crippen molar-refractivity contribution in [2.45, 2.75) is 19.9 Å². The molecule has 19 heavy (non-hydrogen) atoms. The summed E-state index contributed by atoms with van der Waals surface area (Å²) in [4.78, 5) is 0. The van der Waals surface area contributed by atoms with Crippen LogP contribution in [0.3, 0.4) is 0 Å². The summed E-state index contributed by atoms with van der Waals surface area (Å²) in [6.45, 7) is 6.09. The summed E-state index contributed by atoms with van der Waals surface area (Å²) in [5, 5.41) is 6.73. The predicted molar refractivity (Wildman–Crippen MR) is 90.1 cm³/mol. The lowest BCUT2D eigenvalue weighted by Crippen LogP contribution is -2.21. The van der Waals surface area contributed by atoms with E-state index in [-0.39, 0.29) is 24.8 Å². The largest absolute Gasteiger partial charge is 0.496 e. The SMILES string of the molecule is CCNCCCNCc1cc(Br)ccc1OC.Cl.Cl. The zero-order chi connectivity index (χ0) is 12.5. The van der Waals surface area contributed by atoms with Crippen molar-refractivity contribution < 1.29 is 4.74 Å². The van der Waals surface area contributed by atoms with Gasteiger partial charge in [0.15, 0.2) is 0 Å². The van der Waals surface area contributed by atoms with Crippen LogP contribution in [-0.2, 0) is 6.54 Å². The molecule has 1 aromatic rings. The third-order valence-corrected chi connectivity index (χ3v) is 3.01. The summed E-state index contributed by atoms with van der Waals surface area (Å²) >= 11 is 3.48. The van der Waals surface area contributed by atoms with E-state index in [4.69, 9.17) is 4.74 Å². The second-order valence-electron chi connectivity index (χ2n) is 3.84. The van der Waals surface area contributed by atoms with Gasteiger partial charge >= 0.3 is 0 Å². The fourth-order valence-corrected chi connectivity index (χ4v) is 2.03. The van der Waals surface area contributed by atoms with Crippen LogP contribution in [0.15, 0.2) is 22.7 Å². The Balaban J connectivity index is 0. The van der Waals surface area contributed by atoms with E-state index < -0.39 is 0 Å². The van der Waals surface area contributed by atoms with Crippen molar-refractivity contribution in [2.24, 2.45) is 0 Å². The quantitative estimate of drug-likeness (QED) is 0.685. The Labute approximate surface area is 136 Å². The molecule has 0 aliphatic carbocycles. The van der Waals surface area contributed by atoms with Crippen LogP contribution in [0.2, 0.25) is 0 Å². The molecular weight excluding hydrogens is 351 g/mol. The Morgan fingerprint density at radius 1 is 1.16 bits per heavy atom. The van der Waals surface area contributed by atoms with Gasteiger partial charge in [0.25, 0.3) is 0 Å². The molecule has 1 aromatic carbocycles.